The predicted molar refractivity (Wildman–Crippen MR) is 73.5 cm³/mol. The first-order valence-corrected chi connectivity index (χ1v) is 8.13. The standard InChI is InChI=1S/C13H19N2O2S/c1-18(16,17)13-7-9-15(11-13)10-8-14-12-5-3-2-4-6-12/h2-5,13-14H,7-11H2,1H3. The summed E-state index contributed by atoms with van der Waals surface area (Å²) in [6.45, 7) is 3.22. The van der Waals surface area contributed by atoms with Crippen LogP contribution in [0.5, 0.6) is 0 Å². The lowest BCUT2D eigenvalue weighted by molar-refractivity contribution is 0.352. The molecule has 1 aromatic carbocycles. The average Bonchev–Trinajstić information content (AvgIpc) is 2.79. The number of para-hydroxylation sites is 1. The second-order valence-electron chi connectivity index (χ2n) is 4.74. The van der Waals surface area contributed by atoms with Crippen molar-refractivity contribution < 1.29 is 8.42 Å². The third-order valence-corrected chi connectivity index (χ3v) is 4.88. The van der Waals surface area contributed by atoms with Crippen molar-refractivity contribution in [2.45, 2.75) is 11.7 Å². The minimum absolute atomic E-state index is 0.180. The first-order valence-electron chi connectivity index (χ1n) is 6.17. The van der Waals surface area contributed by atoms with E-state index < -0.39 is 9.84 Å². The number of anilines is 1. The van der Waals surface area contributed by atoms with Gasteiger partial charge in [-0.1, -0.05) is 18.2 Å². The number of hydrogen-bond donors (Lipinski definition) is 1. The van der Waals surface area contributed by atoms with Crippen LogP contribution in [0.2, 0.25) is 0 Å². The quantitative estimate of drug-likeness (QED) is 0.865. The van der Waals surface area contributed by atoms with Crippen molar-refractivity contribution in [3.05, 3.63) is 30.3 Å². The molecule has 1 aliphatic heterocycles. The van der Waals surface area contributed by atoms with E-state index in [9.17, 15) is 8.42 Å². The van der Waals surface area contributed by atoms with Crippen LogP contribution in [-0.4, -0.2) is 51.0 Å². The summed E-state index contributed by atoms with van der Waals surface area (Å²) in [4.78, 5) is 2.20. The number of benzene rings is 1. The Hall–Kier alpha value is -1.07. The summed E-state index contributed by atoms with van der Waals surface area (Å²) in [6, 6.07) is 10.8. The molecule has 4 nitrogen and oxygen atoms in total. The molecule has 2 rings (SSSR count). The number of hydrogen-bond acceptors (Lipinski definition) is 4. The van der Waals surface area contributed by atoms with E-state index >= 15 is 0 Å². The molecule has 0 amide bonds. The van der Waals surface area contributed by atoms with Gasteiger partial charge in [-0.3, -0.25) is 0 Å². The maximum atomic E-state index is 11.4. The Balaban J connectivity index is 1.73. The lowest BCUT2D eigenvalue weighted by Gasteiger charge is -2.16. The van der Waals surface area contributed by atoms with Gasteiger partial charge in [-0.05, 0) is 19.0 Å². The fourth-order valence-corrected chi connectivity index (χ4v) is 3.22. The SMILES string of the molecule is CS(=O)(=O)C1CCN(CCNc2[c]cccc2)C1. The van der Waals surface area contributed by atoms with Crippen molar-refractivity contribution >= 4 is 15.5 Å². The summed E-state index contributed by atoms with van der Waals surface area (Å²) in [7, 11) is -2.88. The summed E-state index contributed by atoms with van der Waals surface area (Å²) >= 11 is 0. The fourth-order valence-electron chi connectivity index (χ4n) is 2.20. The fraction of sp³-hybridized carbons (Fsp3) is 0.538. The Labute approximate surface area is 109 Å². The molecule has 1 atom stereocenters. The monoisotopic (exact) mass is 267 g/mol. The minimum Gasteiger partial charge on any atom is -0.383 e. The zero-order chi connectivity index (χ0) is 13.0. The van der Waals surface area contributed by atoms with Gasteiger partial charge in [0, 0.05) is 37.6 Å². The van der Waals surface area contributed by atoms with E-state index in [1.165, 1.54) is 6.26 Å². The lowest BCUT2D eigenvalue weighted by Crippen LogP contribution is -2.30. The Morgan fingerprint density at radius 1 is 1.50 bits per heavy atom. The van der Waals surface area contributed by atoms with Crippen LogP contribution >= 0.6 is 0 Å². The van der Waals surface area contributed by atoms with Crippen LogP contribution in [0.4, 0.5) is 5.69 Å². The van der Waals surface area contributed by atoms with Gasteiger partial charge in [-0.25, -0.2) is 8.42 Å². The number of nitrogens with one attached hydrogen (secondary N) is 1. The van der Waals surface area contributed by atoms with Crippen LogP contribution < -0.4 is 5.32 Å². The van der Waals surface area contributed by atoms with E-state index in [0.717, 1.165) is 31.7 Å². The Morgan fingerprint density at radius 3 is 2.94 bits per heavy atom. The third kappa shape index (κ3) is 3.71. The van der Waals surface area contributed by atoms with E-state index in [4.69, 9.17) is 0 Å². The Morgan fingerprint density at radius 2 is 2.33 bits per heavy atom. The van der Waals surface area contributed by atoms with Crippen molar-refractivity contribution in [2.75, 3.05) is 37.8 Å². The van der Waals surface area contributed by atoms with Crippen LogP contribution in [0, 0.1) is 6.07 Å². The molecule has 1 fully saturated rings. The predicted octanol–water partition coefficient (Wildman–Crippen LogP) is 1.02. The molecule has 0 aromatic heterocycles. The molecular weight excluding hydrogens is 248 g/mol. The second-order valence-corrected chi connectivity index (χ2v) is 7.07. The van der Waals surface area contributed by atoms with Crippen LogP contribution in [-0.2, 0) is 9.84 Å². The van der Waals surface area contributed by atoms with E-state index in [2.05, 4.69) is 16.3 Å². The molecule has 1 aromatic rings. The highest BCUT2D eigenvalue weighted by Crippen LogP contribution is 2.15. The first kappa shape index (κ1) is 13.4. The Kier molecular flexibility index (Phi) is 4.24. The highest BCUT2D eigenvalue weighted by molar-refractivity contribution is 7.91. The molecule has 0 aliphatic carbocycles. The van der Waals surface area contributed by atoms with E-state index in [1.54, 1.807) is 0 Å². The molecule has 99 valence electrons. The van der Waals surface area contributed by atoms with Crippen molar-refractivity contribution in [3.8, 4) is 0 Å². The van der Waals surface area contributed by atoms with Gasteiger partial charge in [0.1, 0.15) is 0 Å². The summed E-state index contributed by atoms with van der Waals surface area (Å²) in [6.07, 6.45) is 2.09. The number of likely N-dealkylation sites (tertiary alicyclic amines) is 1. The van der Waals surface area contributed by atoms with Gasteiger partial charge in [-0.2, -0.15) is 0 Å². The number of rotatable bonds is 5. The normalized spacial score (nSPS) is 21.1. The summed E-state index contributed by atoms with van der Waals surface area (Å²) in [5, 5.41) is 3.10. The smallest absolute Gasteiger partial charge is 0.151 e. The molecule has 0 bridgehead atoms. The molecular formula is C13H19N2O2S. The molecule has 1 saturated heterocycles. The van der Waals surface area contributed by atoms with Gasteiger partial charge >= 0.3 is 0 Å². The highest BCUT2D eigenvalue weighted by Gasteiger charge is 2.29. The highest BCUT2D eigenvalue weighted by atomic mass is 32.2. The average molecular weight is 267 g/mol. The zero-order valence-electron chi connectivity index (χ0n) is 10.6. The summed E-state index contributed by atoms with van der Waals surface area (Å²) in [5.74, 6) is 0. The number of nitrogens with zero attached hydrogens (tertiary/aromatic N) is 1. The van der Waals surface area contributed by atoms with Crippen LogP contribution in [0.3, 0.4) is 0 Å². The van der Waals surface area contributed by atoms with Crippen molar-refractivity contribution in [1.29, 1.82) is 0 Å². The molecule has 0 spiro atoms. The molecule has 1 N–H and O–H groups in total. The van der Waals surface area contributed by atoms with Crippen LogP contribution in [0.1, 0.15) is 6.42 Å². The minimum atomic E-state index is -2.88. The first-order chi connectivity index (χ1) is 8.55. The van der Waals surface area contributed by atoms with Gasteiger partial charge in [0.2, 0.25) is 0 Å². The van der Waals surface area contributed by atoms with Crippen LogP contribution in [0.25, 0.3) is 0 Å². The second kappa shape index (κ2) is 5.71. The number of sulfone groups is 1. The zero-order valence-corrected chi connectivity index (χ0v) is 11.4. The molecule has 1 heterocycles. The Bertz CT molecular complexity index is 473. The maximum Gasteiger partial charge on any atom is 0.151 e. The van der Waals surface area contributed by atoms with Gasteiger partial charge in [0.25, 0.3) is 0 Å². The molecule has 5 heteroatoms. The van der Waals surface area contributed by atoms with E-state index in [1.807, 2.05) is 24.3 Å². The maximum absolute atomic E-state index is 11.4. The van der Waals surface area contributed by atoms with Crippen molar-refractivity contribution in [1.82, 2.24) is 4.90 Å². The molecule has 18 heavy (non-hydrogen) atoms. The topological polar surface area (TPSA) is 49.4 Å². The van der Waals surface area contributed by atoms with Crippen molar-refractivity contribution in [3.63, 3.8) is 0 Å². The molecule has 1 unspecified atom stereocenters. The van der Waals surface area contributed by atoms with Gasteiger partial charge < -0.3 is 10.2 Å². The summed E-state index contributed by atoms with van der Waals surface area (Å²) in [5.41, 5.74) is 0.983. The molecule has 1 radical (unpaired) electrons. The van der Waals surface area contributed by atoms with Gasteiger partial charge in [-0.15, -0.1) is 0 Å². The van der Waals surface area contributed by atoms with Crippen molar-refractivity contribution in [2.24, 2.45) is 0 Å². The van der Waals surface area contributed by atoms with Gasteiger partial charge in [0.05, 0.1) is 5.25 Å². The third-order valence-electron chi connectivity index (χ3n) is 3.29. The summed E-state index contributed by atoms with van der Waals surface area (Å²) < 4.78 is 22.9. The van der Waals surface area contributed by atoms with Gasteiger partial charge in [0.15, 0.2) is 9.84 Å². The lowest BCUT2D eigenvalue weighted by atomic mass is 10.3. The molecule has 0 saturated carbocycles. The molecule has 1 aliphatic rings. The largest absolute Gasteiger partial charge is 0.383 e. The van der Waals surface area contributed by atoms with Crippen LogP contribution in [0.15, 0.2) is 24.3 Å². The van der Waals surface area contributed by atoms with E-state index in [0.29, 0.717) is 6.54 Å². The van der Waals surface area contributed by atoms with E-state index in [-0.39, 0.29) is 5.25 Å².